The van der Waals surface area contributed by atoms with E-state index >= 15 is 0 Å². The van der Waals surface area contributed by atoms with Crippen molar-refractivity contribution in [3.05, 3.63) is 23.8 Å². The molecule has 0 unspecified atom stereocenters. The number of halogens is 2. The molecule has 1 fully saturated rings. The second-order valence-corrected chi connectivity index (χ2v) is 6.73. The third-order valence-electron chi connectivity index (χ3n) is 4.22. The average Bonchev–Trinajstić information content (AvgIpc) is 2.78. The topological polar surface area (TPSA) is 47.6 Å². The van der Waals surface area contributed by atoms with Crippen molar-refractivity contribution in [1.29, 1.82) is 0 Å². The standard InChI is InChI=1S/C15H18BF2NO3/c1-14(2)8-21-16(22-9-14)10-3-4-11-12(5-10)19-13(20)15(11,6-17)7-18/h3-5H,6-9H2,1-2H3,(H,19,20). The van der Waals surface area contributed by atoms with Crippen LogP contribution >= 0.6 is 0 Å². The van der Waals surface area contributed by atoms with Crippen LogP contribution < -0.4 is 10.8 Å². The fourth-order valence-corrected chi connectivity index (χ4v) is 2.78. The van der Waals surface area contributed by atoms with Gasteiger partial charge in [0.25, 0.3) is 0 Å². The third kappa shape index (κ3) is 2.32. The predicted molar refractivity (Wildman–Crippen MR) is 79.8 cm³/mol. The van der Waals surface area contributed by atoms with Gasteiger partial charge in [0.2, 0.25) is 5.91 Å². The Balaban J connectivity index is 1.88. The summed E-state index contributed by atoms with van der Waals surface area (Å²) in [4.78, 5) is 11.9. The van der Waals surface area contributed by atoms with Gasteiger partial charge < -0.3 is 14.6 Å². The summed E-state index contributed by atoms with van der Waals surface area (Å²) in [5.41, 5.74) is -0.260. The number of amides is 1. The maximum atomic E-state index is 13.3. The Labute approximate surface area is 128 Å². The van der Waals surface area contributed by atoms with Crippen LogP contribution in [-0.4, -0.2) is 39.6 Å². The van der Waals surface area contributed by atoms with Gasteiger partial charge in [-0.05, 0) is 17.1 Å². The lowest BCUT2D eigenvalue weighted by Crippen LogP contribution is -2.47. The van der Waals surface area contributed by atoms with E-state index in [9.17, 15) is 13.6 Å². The average molecular weight is 309 g/mol. The molecule has 4 nitrogen and oxygen atoms in total. The third-order valence-corrected chi connectivity index (χ3v) is 4.22. The van der Waals surface area contributed by atoms with Crippen LogP contribution in [0.1, 0.15) is 19.4 Å². The molecule has 1 amide bonds. The Morgan fingerprint density at radius 1 is 1.23 bits per heavy atom. The van der Waals surface area contributed by atoms with Gasteiger partial charge in [-0.2, -0.15) is 0 Å². The molecular formula is C15H18BF2NO3. The minimum atomic E-state index is -1.72. The molecule has 0 spiro atoms. The number of hydrogen-bond acceptors (Lipinski definition) is 3. The van der Waals surface area contributed by atoms with Gasteiger partial charge in [0, 0.05) is 24.3 Å². The lowest BCUT2D eigenvalue weighted by Gasteiger charge is -2.33. The highest BCUT2D eigenvalue weighted by molar-refractivity contribution is 6.61. The zero-order valence-electron chi connectivity index (χ0n) is 12.6. The van der Waals surface area contributed by atoms with Crippen LogP contribution in [0.2, 0.25) is 0 Å². The Hall–Kier alpha value is -1.47. The van der Waals surface area contributed by atoms with E-state index in [1.165, 1.54) is 0 Å². The Kier molecular flexibility index (Phi) is 3.73. The Bertz CT molecular complexity index is 594. The Morgan fingerprint density at radius 2 is 1.86 bits per heavy atom. The zero-order chi connectivity index (χ0) is 16.0. The summed E-state index contributed by atoms with van der Waals surface area (Å²) in [5.74, 6) is -0.642. The normalized spacial score (nSPS) is 22.4. The minimum absolute atomic E-state index is 0.0426. The molecule has 2 heterocycles. The number of carbonyl (C=O) groups is 1. The second-order valence-electron chi connectivity index (χ2n) is 6.73. The molecule has 0 saturated carbocycles. The molecule has 1 N–H and O–H groups in total. The van der Waals surface area contributed by atoms with Gasteiger partial charge in [-0.15, -0.1) is 0 Å². The first kappa shape index (κ1) is 15.4. The number of benzene rings is 1. The molecule has 118 valence electrons. The number of anilines is 1. The number of alkyl halides is 2. The first-order valence-corrected chi connectivity index (χ1v) is 7.23. The molecule has 0 aromatic heterocycles. The summed E-state index contributed by atoms with van der Waals surface area (Å²) < 4.78 is 37.9. The van der Waals surface area contributed by atoms with E-state index in [4.69, 9.17) is 9.31 Å². The van der Waals surface area contributed by atoms with Gasteiger partial charge >= 0.3 is 7.12 Å². The molecule has 2 aliphatic rings. The van der Waals surface area contributed by atoms with Gasteiger partial charge in [-0.1, -0.05) is 26.0 Å². The second kappa shape index (κ2) is 5.31. The van der Waals surface area contributed by atoms with E-state index in [0.717, 1.165) is 5.46 Å². The molecule has 0 aliphatic carbocycles. The zero-order valence-corrected chi connectivity index (χ0v) is 12.6. The van der Waals surface area contributed by atoms with Crippen LogP contribution in [0.4, 0.5) is 14.5 Å². The summed E-state index contributed by atoms with van der Waals surface area (Å²) in [6, 6.07) is 4.94. The number of nitrogens with one attached hydrogen (secondary N) is 1. The fourth-order valence-electron chi connectivity index (χ4n) is 2.78. The molecule has 0 radical (unpaired) electrons. The first-order valence-electron chi connectivity index (χ1n) is 7.23. The minimum Gasteiger partial charge on any atom is -0.407 e. The summed E-state index contributed by atoms with van der Waals surface area (Å²) in [5, 5.41) is 2.56. The molecule has 2 aliphatic heterocycles. The van der Waals surface area contributed by atoms with Gasteiger partial charge in [0.05, 0.1) is 0 Å². The van der Waals surface area contributed by atoms with Crippen molar-refractivity contribution < 1.29 is 22.9 Å². The number of carbonyl (C=O) groups excluding carboxylic acids is 1. The van der Waals surface area contributed by atoms with Crippen molar-refractivity contribution in [3.63, 3.8) is 0 Å². The number of rotatable bonds is 3. The van der Waals surface area contributed by atoms with Crippen LogP contribution in [0.15, 0.2) is 18.2 Å². The molecule has 1 saturated heterocycles. The van der Waals surface area contributed by atoms with Crippen molar-refractivity contribution >= 4 is 24.2 Å². The summed E-state index contributed by atoms with van der Waals surface area (Å²) in [7, 11) is -0.527. The van der Waals surface area contributed by atoms with Gasteiger partial charge in [-0.3, -0.25) is 4.79 Å². The highest BCUT2D eigenvalue weighted by Crippen LogP contribution is 2.38. The van der Waals surface area contributed by atoms with Crippen LogP contribution in [0, 0.1) is 5.41 Å². The van der Waals surface area contributed by atoms with Gasteiger partial charge in [0.1, 0.15) is 18.8 Å². The Morgan fingerprint density at radius 3 is 2.45 bits per heavy atom. The smallest absolute Gasteiger partial charge is 0.407 e. The van der Waals surface area contributed by atoms with Crippen LogP contribution in [0.3, 0.4) is 0 Å². The maximum Gasteiger partial charge on any atom is 0.493 e. The lowest BCUT2D eigenvalue weighted by molar-refractivity contribution is -0.122. The van der Waals surface area contributed by atoms with Crippen molar-refractivity contribution in [2.75, 3.05) is 31.9 Å². The van der Waals surface area contributed by atoms with E-state index in [1.807, 2.05) is 13.8 Å². The molecular weight excluding hydrogens is 291 g/mol. The molecule has 0 bridgehead atoms. The van der Waals surface area contributed by atoms with Crippen LogP contribution in [0.25, 0.3) is 0 Å². The molecule has 0 atom stereocenters. The lowest BCUT2D eigenvalue weighted by atomic mass is 9.74. The predicted octanol–water partition coefficient (Wildman–Crippen LogP) is 1.58. The summed E-state index contributed by atoms with van der Waals surface area (Å²) >= 11 is 0. The largest absolute Gasteiger partial charge is 0.493 e. The highest BCUT2D eigenvalue weighted by Gasteiger charge is 2.48. The molecule has 3 rings (SSSR count). The van der Waals surface area contributed by atoms with E-state index in [0.29, 0.717) is 24.5 Å². The van der Waals surface area contributed by atoms with E-state index < -0.39 is 31.8 Å². The maximum absolute atomic E-state index is 13.3. The van der Waals surface area contributed by atoms with Crippen molar-refractivity contribution in [1.82, 2.24) is 0 Å². The van der Waals surface area contributed by atoms with Crippen molar-refractivity contribution in [3.8, 4) is 0 Å². The summed E-state index contributed by atoms with van der Waals surface area (Å²) in [6.07, 6.45) is 0. The van der Waals surface area contributed by atoms with Crippen LogP contribution in [0.5, 0.6) is 0 Å². The monoisotopic (exact) mass is 309 g/mol. The van der Waals surface area contributed by atoms with Crippen molar-refractivity contribution in [2.45, 2.75) is 19.3 Å². The number of hydrogen-bond donors (Lipinski definition) is 1. The van der Waals surface area contributed by atoms with E-state index in [-0.39, 0.29) is 5.41 Å². The molecule has 7 heteroatoms. The molecule has 1 aromatic carbocycles. The highest BCUT2D eigenvalue weighted by atomic mass is 19.1. The fraction of sp³-hybridized carbons (Fsp3) is 0.533. The van der Waals surface area contributed by atoms with Crippen LogP contribution in [-0.2, 0) is 19.5 Å². The van der Waals surface area contributed by atoms with E-state index in [1.54, 1.807) is 18.2 Å². The summed E-state index contributed by atoms with van der Waals surface area (Å²) in [6.45, 7) is 3.07. The SMILES string of the molecule is CC1(C)COB(c2ccc3c(c2)NC(=O)C3(CF)CF)OC1. The molecule has 22 heavy (non-hydrogen) atoms. The van der Waals surface area contributed by atoms with Gasteiger partial charge in [-0.25, -0.2) is 8.78 Å². The number of fused-ring (bicyclic) bond motifs is 1. The van der Waals surface area contributed by atoms with Crippen molar-refractivity contribution in [2.24, 2.45) is 5.41 Å². The molecule has 1 aromatic rings. The quantitative estimate of drug-likeness (QED) is 0.863. The van der Waals surface area contributed by atoms with Gasteiger partial charge in [0.15, 0.2) is 0 Å². The first-order chi connectivity index (χ1) is 10.4. The van der Waals surface area contributed by atoms with E-state index in [2.05, 4.69) is 5.32 Å².